The second-order valence-electron chi connectivity index (χ2n) is 4.30. The molecule has 0 radical (unpaired) electrons. The highest BCUT2D eigenvalue weighted by Crippen LogP contribution is 2.27. The fourth-order valence-corrected chi connectivity index (χ4v) is 1.87. The Labute approximate surface area is 123 Å². The van der Waals surface area contributed by atoms with Crippen molar-refractivity contribution in [2.75, 3.05) is 17.7 Å². The molecule has 1 amide bonds. The molecule has 0 aliphatic heterocycles. The first kappa shape index (κ1) is 14.4. The van der Waals surface area contributed by atoms with E-state index in [9.17, 15) is 4.79 Å². The van der Waals surface area contributed by atoms with Gasteiger partial charge >= 0.3 is 0 Å². The van der Waals surface area contributed by atoms with Gasteiger partial charge in [0.25, 0.3) is 5.91 Å². The first-order valence-electron chi connectivity index (χ1n) is 6.48. The Hall–Kier alpha value is -3.00. The molecular formula is C16H15N3O2. The van der Waals surface area contributed by atoms with E-state index in [1.54, 1.807) is 42.5 Å². The van der Waals surface area contributed by atoms with Crippen molar-refractivity contribution in [3.05, 3.63) is 53.6 Å². The van der Waals surface area contributed by atoms with Crippen LogP contribution in [0, 0.1) is 11.3 Å². The van der Waals surface area contributed by atoms with Gasteiger partial charge < -0.3 is 15.8 Å². The molecule has 2 rings (SSSR count). The molecule has 2 aromatic carbocycles. The summed E-state index contributed by atoms with van der Waals surface area (Å²) in [7, 11) is 0. The van der Waals surface area contributed by atoms with E-state index in [4.69, 9.17) is 15.7 Å². The molecule has 0 saturated carbocycles. The van der Waals surface area contributed by atoms with Crippen LogP contribution in [0.25, 0.3) is 0 Å². The molecule has 3 N–H and O–H groups in total. The van der Waals surface area contributed by atoms with E-state index in [0.717, 1.165) is 0 Å². The highest BCUT2D eigenvalue weighted by molar-refractivity contribution is 6.07. The smallest absolute Gasteiger partial charge is 0.259 e. The topological polar surface area (TPSA) is 88.1 Å². The van der Waals surface area contributed by atoms with Gasteiger partial charge in [-0.2, -0.15) is 5.26 Å². The number of anilines is 2. The normalized spacial score (nSPS) is 9.71. The molecule has 0 aromatic heterocycles. The third kappa shape index (κ3) is 3.31. The van der Waals surface area contributed by atoms with Crippen LogP contribution in [0.3, 0.4) is 0 Å². The van der Waals surface area contributed by atoms with Gasteiger partial charge in [-0.15, -0.1) is 0 Å². The monoisotopic (exact) mass is 281 g/mol. The lowest BCUT2D eigenvalue weighted by Crippen LogP contribution is -2.14. The van der Waals surface area contributed by atoms with Gasteiger partial charge in [-0.25, -0.2) is 0 Å². The van der Waals surface area contributed by atoms with E-state index in [2.05, 4.69) is 5.32 Å². The number of nitrogens with zero attached hydrogens (tertiary/aromatic N) is 1. The minimum absolute atomic E-state index is 0.310. The second kappa shape index (κ2) is 6.44. The third-order valence-corrected chi connectivity index (χ3v) is 2.85. The number of carbonyl (C=O) groups excluding carboxylic acids is 1. The maximum absolute atomic E-state index is 12.3. The number of nitrogens with two attached hydrogens (primary N) is 1. The molecule has 0 aliphatic rings. The third-order valence-electron chi connectivity index (χ3n) is 2.85. The molecular weight excluding hydrogens is 266 g/mol. The van der Waals surface area contributed by atoms with Crippen LogP contribution in [0.2, 0.25) is 0 Å². The number of amides is 1. The van der Waals surface area contributed by atoms with Crippen molar-refractivity contribution in [1.82, 2.24) is 0 Å². The van der Waals surface area contributed by atoms with Crippen molar-refractivity contribution < 1.29 is 9.53 Å². The Morgan fingerprint density at radius 3 is 2.62 bits per heavy atom. The van der Waals surface area contributed by atoms with Gasteiger partial charge in [-0.1, -0.05) is 6.07 Å². The minimum Gasteiger partial charge on any atom is -0.491 e. The summed E-state index contributed by atoms with van der Waals surface area (Å²) in [5.41, 5.74) is 7.77. The van der Waals surface area contributed by atoms with Gasteiger partial charge in [0.15, 0.2) is 5.75 Å². The fraction of sp³-hybridized carbons (Fsp3) is 0.125. The lowest BCUT2D eigenvalue weighted by molar-refractivity contribution is 0.102. The number of ether oxygens (including phenoxy) is 1. The zero-order valence-corrected chi connectivity index (χ0v) is 11.6. The molecule has 0 bridgehead atoms. The predicted molar refractivity (Wildman–Crippen MR) is 81.1 cm³/mol. The molecule has 0 heterocycles. The van der Waals surface area contributed by atoms with Crippen LogP contribution < -0.4 is 15.8 Å². The average molecular weight is 281 g/mol. The van der Waals surface area contributed by atoms with Crippen molar-refractivity contribution in [2.24, 2.45) is 0 Å². The standard InChI is InChI=1S/C16H15N3O2/c1-2-21-15-13(4-3-5-14(15)18)16(20)19-12-8-6-11(10-17)7-9-12/h3-9H,2,18H2,1H3,(H,19,20). The van der Waals surface area contributed by atoms with Crippen molar-refractivity contribution in [3.8, 4) is 11.8 Å². The summed E-state index contributed by atoms with van der Waals surface area (Å²) in [5.74, 6) is 0.0709. The van der Waals surface area contributed by atoms with E-state index in [1.165, 1.54) is 0 Å². The quantitative estimate of drug-likeness (QED) is 0.843. The van der Waals surface area contributed by atoms with Crippen LogP contribution in [0.1, 0.15) is 22.8 Å². The summed E-state index contributed by atoms with van der Waals surface area (Å²) in [5, 5.41) is 11.5. The number of nitrogen functional groups attached to an aromatic ring is 1. The van der Waals surface area contributed by atoms with Crippen LogP contribution in [-0.2, 0) is 0 Å². The van der Waals surface area contributed by atoms with E-state index < -0.39 is 0 Å². The van der Waals surface area contributed by atoms with Crippen molar-refractivity contribution in [2.45, 2.75) is 6.92 Å². The Bertz CT molecular complexity index is 688. The van der Waals surface area contributed by atoms with Gasteiger partial charge in [0, 0.05) is 5.69 Å². The van der Waals surface area contributed by atoms with E-state index >= 15 is 0 Å². The van der Waals surface area contributed by atoms with Crippen molar-refractivity contribution in [3.63, 3.8) is 0 Å². The molecule has 5 heteroatoms. The largest absolute Gasteiger partial charge is 0.491 e. The highest BCUT2D eigenvalue weighted by atomic mass is 16.5. The van der Waals surface area contributed by atoms with Gasteiger partial charge in [0.05, 0.1) is 29.5 Å². The van der Waals surface area contributed by atoms with Crippen molar-refractivity contribution >= 4 is 17.3 Å². The summed E-state index contributed by atoms with van der Waals surface area (Å²) in [4.78, 5) is 12.3. The fourth-order valence-electron chi connectivity index (χ4n) is 1.87. The maximum Gasteiger partial charge on any atom is 0.259 e. The molecule has 2 aromatic rings. The number of nitriles is 1. The Morgan fingerprint density at radius 2 is 2.00 bits per heavy atom. The van der Waals surface area contributed by atoms with E-state index in [-0.39, 0.29) is 5.91 Å². The van der Waals surface area contributed by atoms with Crippen LogP contribution in [0.4, 0.5) is 11.4 Å². The number of hydrogen-bond donors (Lipinski definition) is 2. The summed E-state index contributed by atoms with van der Waals surface area (Å²) in [6.07, 6.45) is 0. The number of rotatable bonds is 4. The lowest BCUT2D eigenvalue weighted by Gasteiger charge is -2.12. The number of carbonyl (C=O) groups is 1. The predicted octanol–water partition coefficient (Wildman–Crippen LogP) is 2.79. The summed E-state index contributed by atoms with van der Waals surface area (Å²) >= 11 is 0. The van der Waals surface area contributed by atoms with E-state index in [1.807, 2.05) is 13.0 Å². The van der Waals surface area contributed by atoms with Crippen molar-refractivity contribution in [1.29, 1.82) is 5.26 Å². The van der Waals surface area contributed by atoms with Gasteiger partial charge in [-0.05, 0) is 43.3 Å². The molecule has 106 valence electrons. The lowest BCUT2D eigenvalue weighted by atomic mass is 10.1. The summed E-state index contributed by atoms with van der Waals surface area (Å²) < 4.78 is 5.43. The molecule has 21 heavy (non-hydrogen) atoms. The molecule has 0 spiro atoms. The Morgan fingerprint density at radius 1 is 1.29 bits per heavy atom. The summed E-state index contributed by atoms with van der Waals surface area (Å²) in [6.45, 7) is 2.25. The number of nitrogens with one attached hydrogen (secondary N) is 1. The molecule has 0 aliphatic carbocycles. The van der Waals surface area contributed by atoms with E-state index in [0.29, 0.717) is 34.9 Å². The molecule has 0 saturated heterocycles. The maximum atomic E-state index is 12.3. The molecule has 5 nitrogen and oxygen atoms in total. The van der Waals surface area contributed by atoms with Crippen LogP contribution in [0.15, 0.2) is 42.5 Å². The van der Waals surface area contributed by atoms with Gasteiger partial charge in [-0.3, -0.25) is 4.79 Å². The van der Waals surface area contributed by atoms with Crippen LogP contribution in [-0.4, -0.2) is 12.5 Å². The Balaban J connectivity index is 2.24. The summed E-state index contributed by atoms with van der Waals surface area (Å²) in [6, 6.07) is 13.7. The van der Waals surface area contributed by atoms with Crippen LogP contribution >= 0.6 is 0 Å². The number of para-hydroxylation sites is 1. The average Bonchev–Trinajstić information content (AvgIpc) is 2.50. The zero-order valence-electron chi connectivity index (χ0n) is 11.6. The zero-order chi connectivity index (χ0) is 15.2. The molecule has 0 fully saturated rings. The van der Waals surface area contributed by atoms with Gasteiger partial charge in [0.2, 0.25) is 0 Å². The Kier molecular flexibility index (Phi) is 4.42. The first-order valence-corrected chi connectivity index (χ1v) is 6.48. The van der Waals surface area contributed by atoms with Crippen LogP contribution in [0.5, 0.6) is 5.75 Å². The second-order valence-corrected chi connectivity index (χ2v) is 4.30. The SMILES string of the molecule is CCOc1c(N)cccc1C(=O)Nc1ccc(C#N)cc1. The number of benzene rings is 2. The number of hydrogen-bond acceptors (Lipinski definition) is 4. The molecule has 0 atom stereocenters. The highest BCUT2D eigenvalue weighted by Gasteiger charge is 2.15. The minimum atomic E-state index is -0.310. The van der Waals surface area contributed by atoms with Gasteiger partial charge in [0.1, 0.15) is 0 Å². The first-order chi connectivity index (χ1) is 10.2. The molecule has 0 unspecified atom stereocenters.